The van der Waals surface area contributed by atoms with Gasteiger partial charge in [0.15, 0.2) is 0 Å². The molecule has 22 heavy (non-hydrogen) atoms. The Morgan fingerprint density at radius 2 is 2.23 bits per heavy atom. The predicted octanol–water partition coefficient (Wildman–Crippen LogP) is 2.52. The molecule has 1 saturated heterocycles. The number of likely N-dealkylation sites (tertiary alicyclic amines) is 1. The molecule has 5 nitrogen and oxygen atoms in total. The summed E-state index contributed by atoms with van der Waals surface area (Å²) in [5, 5.41) is 12.8. The zero-order valence-corrected chi connectivity index (χ0v) is 13.6. The Hall–Kier alpha value is -1.46. The minimum atomic E-state index is -0.136. The maximum absolute atomic E-state index is 12.1. The van der Waals surface area contributed by atoms with E-state index in [9.17, 15) is 9.90 Å². The number of aliphatic hydroxyl groups excluding tert-OH is 1. The van der Waals surface area contributed by atoms with Gasteiger partial charge in [0.25, 0.3) is 0 Å². The van der Waals surface area contributed by atoms with Gasteiger partial charge in [-0.1, -0.05) is 11.6 Å². The fourth-order valence-electron chi connectivity index (χ4n) is 2.53. The van der Waals surface area contributed by atoms with Crippen LogP contribution in [0.3, 0.4) is 0 Å². The number of hydrogen-bond donors (Lipinski definition) is 2. The van der Waals surface area contributed by atoms with Crippen LogP contribution in [0.1, 0.15) is 19.8 Å². The largest absolute Gasteiger partial charge is 0.489 e. The third-order valence-electron chi connectivity index (χ3n) is 3.76. The lowest BCUT2D eigenvalue weighted by Gasteiger charge is -2.32. The van der Waals surface area contributed by atoms with Gasteiger partial charge < -0.3 is 20.1 Å². The van der Waals surface area contributed by atoms with Crippen molar-refractivity contribution in [2.24, 2.45) is 5.92 Å². The van der Waals surface area contributed by atoms with E-state index in [0.29, 0.717) is 18.1 Å². The maximum Gasteiger partial charge on any atom is 0.317 e. The number of piperidine rings is 1. The summed E-state index contributed by atoms with van der Waals surface area (Å²) in [6, 6.07) is 7.05. The van der Waals surface area contributed by atoms with Gasteiger partial charge in [0.1, 0.15) is 11.9 Å². The SMILES string of the molecule is CC(CNC(=O)N1CCCC(CO)C1)Oc1ccc(Cl)cc1. The van der Waals surface area contributed by atoms with Gasteiger partial charge in [-0.15, -0.1) is 0 Å². The molecule has 1 aromatic carbocycles. The summed E-state index contributed by atoms with van der Waals surface area (Å²) in [5.74, 6) is 0.923. The molecule has 0 saturated carbocycles. The quantitative estimate of drug-likeness (QED) is 0.874. The van der Waals surface area contributed by atoms with Gasteiger partial charge in [-0.25, -0.2) is 4.79 Å². The number of nitrogens with zero attached hydrogens (tertiary/aromatic N) is 1. The first-order valence-electron chi connectivity index (χ1n) is 7.64. The van der Waals surface area contributed by atoms with Crippen LogP contribution in [0.4, 0.5) is 4.79 Å². The monoisotopic (exact) mass is 326 g/mol. The molecular formula is C16H23ClN2O3. The molecule has 1 heterocycles. The highest BCUT2D eigenvalue weighted by atomic mass is 35.5. The maximum atomic E-state index is 12.1. The molecule has 1 aliphatic heterocycles. The van der Waals surface area contributed by atoms with Crippen LogP contribution in [0.2, 0.25) is 5.02 Å². The summed E-state index contributed by atoms with van der Waals surface area (Å²) in [5.41, 5.74) is 0. The smallest absolute Gasteiger partial charge is 0.317 e. The molecule has 1 aromatic rings. The normalized spacial score (nSPS) is 19.6. The zero-order chi connectivity index (χ0) is 15.9. The van der Waals surface area contributed by atoms with Gasteiger partial charge in [0.2, 0.25) is 0 Å². The molecule has 0 aromatic heterocycles. The summed E-state index contributed by atoms with van der Waals surface area (Å²) in [7, 11) is 0. The van der Waals surface area contributed by atoms with Gasteiger partial charge in [0, 0.05) is 24.7 Å². The number of rotatable bonds is 5. The number of nitrogens with one attached hydrogen (secondary N) is 1. The second-order valence-corrected chi connectivity index (χ2v) is 6.14. The van der Waals surface area contributed by atoms with Crippen LogP contribution < -0.4 is 10.1 Å². The lowest BCUT2D eigenvalue weighted by Crippen LogP contribution is -2.48. The van der Waals surface area contributed by atoms with Crippen molar-refractivity contribution in [2.75, 3.05) is 26.2 Å². The van der Waals surface area contributed by atoms with E-state index in [1.54, 1.807) is 29.2 Å². The van der Waals surface area contributed by atoms with Crippen molar-refractivity contribution in [3.63, 3.8) is 0 Å². The Labute approximate surface area is 136 Å². The van der Waals surface area contributed by atoms with E-state index >= 15 is 0 Å². The number of carbonyl (C=O) groups excluding carboxylic acids is 1. The van der Waals surface area contributed by atoms with Crippen molar-refractivity contribution >= 4 is 17.6 Å². The van der Waals surface area contributed by atoms with Crippen molar-refractivity contribution in [1.29, 1.82) is 0 Å². The van der Waals surface area contributed by atoms with Crippen molar-refractivity contribution in [3.05, 3.63) is 29.3 Å². The molecule has 2 N–H and O–H groups in total. The van der Waals surface area contributed by atoms with Gasteiger partial charge in [-0.2, -0.15) is 0 Å². The van der Waals surface area contributed by atoms with Crippen molar-refractivity contribution in [2.45, 2.75) is 25.9 Å². The predicted molar refractivity (Wildman–Crippen MR) is 86.3 cm³/mol. The number of amides is 2. The van der Waals surface area contributed by atoms with Crippen LogP contribution in [0.25, 0.3) is 0 Å². The molecule has 2 amide bonds. The summed E-state index contributed by atoms with van der Waals surface area (Å²) in [6.07, 6.45) is 1.79. The lowest BCUT2D eigenvalue weighted by molar-refractivity contribution is 0.126. The molecule has 2 atom stereocenters. The Morgan fingerprint density at radius 1 is 1.50 bits per heavy atom. The third-order valence-corrected chi connectivity index (χ3v) is 4.01. The van der Waals surface area contributed by atoms with Crippen molar-refractivity contribution in [3.8, 4) is 5.75 Å². The van der Waals surface area contributed by atoms with Gasteiger partial charge >= 0.3 is 6.03 Å². The zero-order valence-electron chi connectivity index (χ0n) is 12.8. The number of benzene rings is 1. The van der Waals surface area contributed by atoms with E-state index in [1.807, 2.05) is 6.92 Å². The second-order valence-electron chi connectivity index (χ2n) is 5.71. The molecule has 6 heteroatoms. The molecule has 122 valence electrons. The molecule has 1 aliphatic rings. The lowest BCUT2D eigenvalue weighted by atomic mass is 9.99. The van der Waals surface area contributed by atoms with E-state index in [-0.39, 0.29) is 24.7 Å². The van der Waals surface area contributed by atoms with Crippen LogP contribution in [0.15, 0.2) is 24.3 Å². The molecule has 2 rings (SSSR count). The van der Waals surface area contributed by atoms with Gasteiger partial charge in [-0.05, 0) is 49.9 Å². The highest BCUT2D eigenvalue weighted by molar-refractivity contribution is 6.30. The molecule has 0 aliphatic carbocycles. The van der Waals surface area contributed by atoms with Gasteiger partial charge in [0.05, 0.1) is 6.54 Å². The minimum Gasteiger partial charge on any atom is -0.489 e. The average Bonchev–Trinajstić information content (AvgIpc) is 2.55. The number of ether oxygens (including phenoxy) is 1. The van der Waals surface area contributed by atoms with E-state index in [1.165, 1.54) is 0 Å². The molecule has 0 spiro atoms. The Morgan fingerprint density at radius 3 is 2.91 bits per heavy atom. The number of carbonyl (C=O) groups is 1. The Balaban J connectivity index is 1.74. The number of urea groups is 1. The first-order chi connectivity index (χ1) is 10.6. The van der Waals surface area contributed by atoms with Crippen LogP contribution in [-0.4, -0.2) is 48.4 Å². The Kier molecular flexibility index (Phi) is 6.34. The highest BCUT2D eigenvalue weighted by Gasteiger charge is 2.23. The average molecular weight is 327 g/mol. The van der Waals surface area contributed by atoms with Crippen LogP contribution in [0, 0.1) is 5.92 Å². The van der Waals surface area contributed by atoms with Crippen molar-refractivity contribution in [1.82, 2.24) is 10.2 Å². The minimum absolute atomic E-state index is 0.0929. The second kappa shape index (κ2) is 8.25. The fraction of sp³-hybridized carbons (Fsp3) is 0.562. The van der Waals surface area contributed by atoms with Crippen LogP contribution >= 0.6 is 11.6 Å². The van der Waals surface area contributed by atoms with Crippen LogP contribution in [0.5, 0.6) is 5.75 Å². The van der Waals surface area contributed by atoms with Gasteiger partial charge in [-0.3, -0.25) is 0 Å². The Bertz CT molecular complexity index is 481. The third kappa shape index (κ3) is 5.07. The highest BCUT2D eigenvalue weighted by Crippen LogP contribution is 2.17. The van der Waals surface area contributed by atoms with E-state index in [0.717, 1.165) is 25.1 Å². The molecule has 1 fully saturated rings. The fourth-order valence-corrected chi connectivity index (χ4v) is 2.65. The number of hydrogen-bond acceptors (Lipinski definition) is 3. The summed E-state index contributed by atoms with van der Waals surface area (Å²) >= 11 is 5.82. The number of halogens is 1. The van der Waals surface area contributed by atoms with E-state index < -0.39 is 0 Å². The summed E-state index contributed by atoms with van der Waals surface area (Å²) in [4.78, 5) is 13.9. The first-order valence-corrected chi connectivity index (χ1v) is 8.02. The van der Waals surface area contributed by atoms with Crippen molar-refractivity contribution < 1.29 is 14.6 Å². The number of aliphatic hydroxyl groups is 1. The molecule has 2 unspecified atom stereocenters. The van der Waals surface area contributed by atoms with E-state index in [2.05, 4.69) is 5.32 Å². The molecule has 0 bridgehead atoms. The summed E-state index contributed by atoms with van der Waals surface area (Å²) in [6.45, 7) is 3.84. The molecular weight excluding hydrogens is 304 g/mol. The summed E-state index contributed by atoms with van der Waals surface area (Å²) < 4.78 is 5.72. The van der Waals surface area contributed by atoms with E-state index in [4.69, 9.17) is 16.3 Å². The topological polar surface area (TPSA) is 61.8 Å². The standard InChI is InChI=1S/C16H23ClN2O3/c1-12(22-15-6-4-14(17)5-7-15)9-18-16(21)19-8-2-3-13(10-19)11-20/h4-7,12-13,20H,2-3,8-11H2,1H3,(H,18,21). The molecule has 0 radical (unpaired) electrons. The first kappa shape index (κ1) is 16.9. The van der Waals surface area contributed by atoms with Crippen LogP contribution in [-0.2, 0) is 0 Å².